The molecule has 82 valence electrons. The molecule has 0 aliphatic heterocycles. The molecule has 0 fully saturated rings. The predicted octanol–water partition coefficient (Wildman–Crippen LogP) is 3.35. The van der Waals surface area contributed by atoms with Crippen LogP contribution in [0.4, 0.5) is 0 Å². The molecule has 0 aliphatic rings. The predicted molar refractivity (Wildman–Crippen MR) is 70.6 cm³/mol. The van der Waals surface area contributed by atoms with Crippen LogP contribution in [0.2, 0.25) is 0 Å². The Bertz CT molecular complexity index is 443. The van der Waals surface area contributed by atoms with Crippen LogP contribution in [0, 0.1) is 0 Å². The van der Waals surface area contributed by atoms with Crippen molar-refractivity contribution in [3.8, 4) is 0 Å². The van der Waals surface area contributed by atoms with Crippen LogP contribution in [0.5, 0.6) is 0 Å². The second-order valence-corrected chi connectivity index (χ2v) is 5.78. The number of nitrogens with zero attached hydrogens (tertiary/aromatic N) is 1. The third-order valence-corrected chi connectivity index (χ3v) is 4.45. The van der Waals surface area contributed by atoms with Crippen LogP contribution in [0.25, 0.3) is 0 Å². The van der Waals surface area contributed by atoms with E-state index >= 15 is 0 Å². The minimum Gasteiger partial charge on any atom is -0.196 e. The van der Waals surface area contributed by atoms with E-state index in [1.54, 1.807) is 0 Å². The fraction of sp³-hybridized carbons (Fsp3) is 0.154. The average Bonchev–Trinajstić information content (AvgIpc) is 2.33. The van der Waals surface area contributed by atoms with E-state index in [4.69, 9.17) is 0 Å². The molecular weight excluding hydrogens is 234 g/mol. The van der Waals surface area contributed by atoms with E-state index in [-0.39, 0.29) is 0 Å². The summed E-state index contributed by atoms with van der Waals surface area (Å²) >= 11 is 3.74. The highest BCUT2D eigenvalue weighted by Crippen LogP contribution is 2.25. The van der Waals surface area contributed by atoms with Crippen molar-refractivity contribution < 1.29 is 4.57 Å². The zero-order valence-electron chi connectivity index (χ0n) is 9.17. The molecule has 0 amide bonds. The highest BCUT2D eigenvalue weighted by atomic mass is 32.2. The number of hydrogen-bond donors (Lipinski definition) is 0. The van der Waals surface area contributed by atoms with E-state index in [9.17, 15) is 0 Å². The molecule has 1 nitrogen and oxygen atoms in total. The summed E-state index contributed by atoms with van der Waals surface area (Å²) in [5.41, 5.74) is 0. The zero-order chi connectivity index (χ0) is 11.2. The summed E-state index contributed by atoms with van der Waals surface area (Å²) in [6, 6.07) is 16.8. The number of thioether (sulfide) groups is 2. The van der Waals surface area contributed by atoms with Crippen LogP contribution >= 0.6 is 23.5 Å². The molecule has 0 spiro atoms. The van der Waals surface area contributed by atoms with Gasteiger partial charge in [0.2, 0.25) is 5.03 Å². The van der Waals surface area contributed by atoms with Gasteiger partial charge < -0.3 is 0 Å². The number of pyridine rings is 1. The van der Waals surface area contributed by atoms with Gasteiger partial charge in [-0.1, -0.05) is 18.2 Å². The Morgan fingerprint density at radius 1 is 0.938 bits per heavy atom. The fourth-order valence-electron chi connectivity index (χ4n) is 1.33. The van der Waals surface area contributed by atoms with Crippen LogP contribution in [0.3, 0.4) is 0 Å². The Balaban J connectivity index is 1.87. The van der Waals surface area contributed by atoms with Crippen molar-refractivity contribution in [2.24, 2.45) is 7.05 Å². The second kappa shape index (κ2) is 5.97. The monoisotopic (exact) mass is 248 g/mol. The molecule has 0 saturated heterocycles. The number of aryl methyl sites for hydroxylation is 1. The highest BCUT2D eigenvalue weighted by molar-refractivity contribution is 8.15. The van der Waals surface area contributed by atoms with Crippen LogP contribution in [-0.4, -0.2) is 5.08 Å². The first-order chi connectivity index (χ1) is 7.86. The smallest absolute Gasteiger partial charge is 0.196 e. The third-order valence-electron chi connectivity index (χ3n) is 2.18. The molecule has 3 heteroatoms. The van der Waals surface area contributed by atoms with E-state index in [0.717, 1.165) is 5.08 Å². The Morgan fingerprint density at radius 2 is 1.69 bits per heavy atom. The lowest BCUT2D eigenvalue weighted by molar-refractivity contribution is -0.708. The molecule has 2 aromatic rings. The maximum absolute atomic E-state index is 2.15. The maximum Gasteiger partial charge on any atom is 0.240 e. The Morgan fingerprint density at radius 3 is 2.44 bits per heavy atom. The number of aromatic nitrogens is 1. The maximum atomic E-state index is 2.15. The first-order valence-electron chi connectivity index (χ1n) is 5.11. The Hall–Kier alpha value is -0.930. The van der Waals surface area contributed by atoms with E-state index in [0.29, 0.717) is 0 Å². The largest absolute Gasteiger partial charge is 0.240 e. The van der Waals surface area contributed by atoms with Crippen molar-refractivity contribution in [1.29, 1.82) is 0 Å². The summed E-state index contributed by atoms with van der Waals surface area (Å²) in [7, 11) is 2.08. The number of rotatable bonds is 4. The van der Waals surface area contributed by atoms with Crippen molar-refractivity contribution in [3.63, 3.8) is 0 Å². The highest BCUT2D eigenvalue weighted by Gasteiger charge is 2.04. The Labute approximate surface area is 105 Å². The van der Waals surface area contributed by atoms with E-state index in [1.165, 1.54) is 9.92 Å². The molecule has 0 radical (unpaired) electrons. The Kier molecular flexibility index (Phi) is 4.31. The van der Waals surface area contributed by atoms with Crippen molar-refractivity contribution in [2.75, 3.05) is 5.08 Å². The first-order valence-corrected chi connectivity index (χ1v) is 7.09. The molecule has 1 aromatic carbocycles. The molecule has 0 aliphatic carbocycles. The lowest BCUT2D eigenvalue weighted by Gasteiger charge is -2.00. The molecule has 0 unspecified atom stereocenters. The van der Waals surface area contributed by atoms with Gasteiger partial charge in [0, 0.05) is 17.0 Å². The summed E-state index contributed by atoms with van der Waals surface area (Å²) in [5.74, 6) is 0. The van der Waals surface area contributed by atoms with Gasteiger partial charge in [0.05, 0.1) is 5.08 Å². The van der Waals surface area contributed by atoms with Gasteiger partial charge in [0.25, 0.3) is 0 Å². The van der Waals surface area contributed by atoms with Crippen LogP contribution in [-0.2, 0) is 7.05 Å². The molecule has 16 heavy (non-hydrogen) atoms. The van der Waals surface area contributed by atoms with E-state index in [1.807, 2.05) is 35.7 Å². The average molecular weight is 248 g/mol. The van der Waals surface area contributed by atoms with Crippen LogP contribution in [0.15, 0.2) is 64.6 Å². The van der Waals surface area contributed by atoms with Crippen molar-refractivity contribution in [2.45, 2.75) is 9.92 Å². The molecular formula is C13H14NS2+. The fourth-order valence-corrected chi connectivity index (χ4v) is 3.38. The van der Waals surface area contributed by atoms with Gasteiger partial charge in [-0.15, -0.1) is 11.8 Å². The number of hydrogen-bond acceptors (Lipinski definition) is 2. The molecule has 2 rings (SSSR count). The lowest BCUT2D eigenvalue weighted by Crippen LogP contribution is -2.29. The molecule has 1 aromatic heterocycles. The van der Waals surface area contributed by atoms with Gasteiger partial charge in [0.1, 0.15) is 7.05 Å². The quantitative estimate of drug-likeness (QED) is 0.464. The minimum absolute atomic E-state index is 1.04. The van der Waals surface area contributed by atoms with Gasteiger partial charge >= 0.3 is 0 Å². The number of benzene rings is 1. The summed E-state index contributed by atoms with van der Waals surface area (Å²) in [6.07, 6.45) is 2.08. The SMILES string of the molecule is C[n+]1ccccc1SCSc1ccccc1. The molecule has 1 heterocycles. The zero-order valence-corrected chi connectivity index (χ0v) is 10.8. The standard InChI is InChI=1S/C13H14NS2/c1-14-10-6-5-9-13(14)16-11-15-12-7-3-2-4-8-12/h2-10H,11H2,1H3/q+1. The second-order valence-electron chi connectivity index (χ2n) is 3.37. The summed E-state index contributed by atoms with van der Waals surface area (Å²) < 4.78 is 2.15. The van der Waals surface area contributed by atoms with Crippen molar-refractivity contribution in [3.05, 3.63) is 54.7 Å². The van der Waals surface area contributed by atoms with Crippen LogP contribution in [0.1, 0.15) is 0 Å². The molecule has 0 N–H and O–H groups in total. The van der Waals surface area contributed by atoms with Crippen molar-refractivity contribution >= 4 is 23.5 Å². The summed E-state index contributed by atoms with van der Waals surface area (Å²) in [4.78, 5) is 1.33. The van der Waals surface area contributed by atoms with E-state index in [2.05, 4.69) is 54.2 Å². The molecule has 0 saturated carbocycles. The van der Waals surface area contributed by atoms with Gasteiger partial charge in [-0.2, -0.15) is 4.57 Å². The minimum atomic E-state index is 1.04. The van der Waals surface area contributed by atoms with Gasteiger partial charge in [0.15, 0.2) is 6.20 Å². The van der Waals surface area contributed by atoms with Gasteiger partial charge in [-0.3, -0.25) is 0 Å². The lowest BCUT2D eigenvalue weighted by atomic mass is 10.4. The topological polar surface area (TPSA) is 3.88 Å². The summed E-state index contributed by atoms with van der Waals surface area (Å²) in [5, 5.41) is 2.34. The van der Waals surface area contributed by atoms with Crippen LogP contribution < -0.4 is 4.57 Å². The van der Waals surface area contributed by atoms with Crippen molar-refractivity contribution in [1.82, 2.24) is 0 Å². The van der Waals surface area contributed by atoms with Gasteiger partial charge in [-0.25, -0.2) is 0 Å². The van der Waals surface area contributed by atoms with Gasteiger partial charge in [-0.05, 0) is 30.0 Å². The molecule has 0 atom stereocenters. The first kappa shape index (κ1) is 11.6. The third kappa shape index (κ3) is 3.29. The normalized spacial score (nSPS) is 10.3. The molecule has 0 bridgehead atoms. The summed E-state index contributed by atoms with van der Waals surface area (Å²) in [6.45, 7) is 0. The van der Waals surface area contributed by atoms with E-state index < -0.39 is 0 Å².